The van der Waals surface area contributed by atoms with Gasteiger partial charge in [-0.25, -0.2) is 0 Å². The van der Waals surface area contributed by atoms with Gasteiger partial charge in [-0.05, 0) is 89.9 Å². The van der Waals surface area contributed by atoms with Crippen molar-refractivity contribution in [3.63, 3.8) is 0 Å². The number of hydrogen-bond donors (Lipinski definition) is 6. The van der Waals surface area contributed by atoms with Gasteiger partial charge in [0.2, 0.25) is 5.91 Å². The minimum Gasteiger partial charge on any atom is -0.454 e. The second kappa shape index (κ2) is 58.7. The second-order valence-electron chi connectivity index (χ2n) is 23.9. The number of carbonyl (C=O) groups is 2. The molecule has 82 heavy (non-hydrogen) atoms. The van der Waals surface area contributed by atoms with Gasteiger partial charge in [0, 0.05) is 6.42 Å². The number of aliphatic hydroxyl groups excluding tert-OH is 5. The van der Waals surface area contributed by atoms with Gasteiger partial charge in [0.05, 0.1) is 25.4 Å². The van der Waals surface area contributed by atoms with E-state index in [4.69, 9.17) is 14.2 Å². The van der Waals surface area contributed by atoms with Crippen molar-refractivity contribution < 1.29 is 49.3 Å². The molecule has 11 nitrogen and oxygen atoms in total. The zero-order valence-electron chi connectivity index (χ0n) is 53.1. The monoisotopic (exact) mass is 1160 g/mol. The summed E-state index contributed by atoms with van der Waals surface area (Å²) in [6.07, 6.45) is 63.9. The van der Waals surface area contributed by atoms with Crippen molar-refractivity contribution in [3.05, 3.63) is 60.8 Å². The summed E-state index contributed by atoms with van der Waals surface area (Å²) in [7, 11) is 0. The first-order chi connectivity index (χ1) is 40.2. The van der Waals surface area contributed by atoms with Crippen LogP contribution in [0.25, 0.3) is 0 Å². The fourth-order valence-corrected chi connectivity index (χ4v) is 10.7. The molecule has 0 aromatic carbocycles. The smallest absolute Gasteiger partial charge is 0.306 e. The molecule has 1 saturated heterocycles. The molecule has 1 aliphatic heterocycles. The van der Waals surface area contributed by atoms with E-state index in [-0.39, 0.29) is 19.4 Å². The number of ether oxygens (including phenoxy) is 3. The Morgan fingerprint density at radius 1 is 0.476 bits per heavy atom. The van der Waals surface area contributed by atoms with Crippen molar-refractivity contribution in [1.29, 1.82) is 0 Å². The van der Waals surface area contributed by atoms with Gasteiger partial charge in [-0.2, -0.15) is 0 Å². The maximum atomic E-state index is 13.5. The minimum atomic E-state index is -1.62. The fraction of sp³-hybridized carbons (Fsp3) is 0.831. The summed E-state index contributed by atoms with van der Waals surface area (Å²) in [5.41, 5.74) is 0. The maximum Gasteiger partial charge on any atom is 0.306 e. The third-order valence-corrected chi connectivity index (χ3v) is 16.1. The summed E-state index contributed by atoms with van der Waals surface area (Å²) in [5, 5.41) is 57.2. The third kappa shape index (κ3) is 45.7. The van der Waals surface area contributed by atoms with Crippen LogP contribution in [0.2, 0.25) is 0 Å². The summed E-state index contributed by atoms with van der Waals surface area (Å²) >= 11 is 0. The molecule has 0 radical (unpaired) electrons. The standard InChI is InChI=1S/C71H129NO10/c1-4-7-10-13-16-19-22-25-27-29-31-33-35-37-39-41-44-47-50-53-56-59-66(76)82-69-68(78)67(77)65(60-73)81-71(69)80-61-62(63(74)57-54-51-48-45-42-24-21-18-15-12-9-6-3)72-70(79)64(75)58-55-52-49-46-43-40-38-36-34-32-30-28-26-23-20-17-14-11-8-5-2/h17,20,25-28,32,34,54,57,62-65,67-69,71,73-75,77-78H,4-16,18-19,21-24,29-31,33,35-53,55-56,58-61H2,1-3H3,(H,72,79)/b20-17-,27-25+,28-26-,34-32-,57-54+. The molecule has 0 bridgehead atoms. The highest BCUT2D eigenvalue weighted by molar-refractivity contribution is 5.80. The lowest BCUT2D eigenvalue weighted by Gasteiger charge is -2.41. The number of amides is 1. The van der Waals surface area contributed by atoms with Gasteiger partial charge < -0.3 is 45.1 Å². The fourth-order valence-electron chi connectivity index (χ4n) is 10.7. The minimum absolute atomic E-state index is 0.122. The Labute approximate surface area is 503 Å². The highest BCUT2D eigenvalue weighted by atomic mass is 16.7. The summed E-state index contributed by atoms with van der Waals surface area (Å²) in [4.78, 5) is 26.6. The molecule has 0 aromatic heterocycles. The van der Waals surface area contributed by atoms with E-state index in [2.05, 4.69) is 74.7 Å². The summed E-state index contributed by atoms with van der Waals surface area (Å²) in [6.45, 7) is 5.78. The highest BCUT2D eigenvalue weighted by Gasteiger charge is 2.47. The Morgan fingerprint density at radius 3 is 1.29 bits per heavy atom. The molecule has 1 aliphatic rings. The Hall–Kier alpha value is -2.64. The van der Waals surface area contributed by atoms with Gasteiger partial charge in [-0.3, -0.25) is 9.59 Å². The number of aliphatic hydroxyl groups is 5. The van der Waals surface area contributed by atoms with Crippen molar-refractivity contribution in [3.8, 4) is 0 Å². The van der Waals surface area contributed by atoms with Crippen LogP contribution < -0.4 is 5.32 Å². The first-order valence-electron chi connectivity index (χ1n) is 34.6. The lowest BCUT2D eigenvalue weighted by molar-refractivity contribution is -0.305. The first kappa shape index (κ1) is 77.4. The van der Waals surface area contributed by atoms with Crippen LogP contribution in [0, 0.1) is 0 Å². The van der Waals surface area contributed by atoms with E-state index in [9.17, 15) is 35.1 Å². The molecule has 1 fully saturated rings. The summed E-state index contributed by atoms with van der Waals surface area (Å²) in [6, 6.07) is -1.03. The van der Waals surface area contributed by atoms with E-state index >= 15 is 0 Å². The number of esters is 1. The van der Waals surface area contributed by atoms with Crippen molar-refractivity contribution >= 4 is 11.9 Å². The van der Waals surface area contributed by atoms with Crippen LogP contribution in [0.15, 0.2) is 60.8 Å². The lowest BCUT2D eigenvalue weighted by atomic mass is 9.99. The largest absolute Gasteiger partial charge is 0.454 e. The maximum absolute atomic E-state index is 13.5. The van der Waals surface area contributed by atoms with E-state index < -0.39 is 67.4 Å². The molecule has 0 aliphatic carbocycles. The SMILES string of the molecule is CCCCC/C=C\C/C=C\C/C=C\CCCCCCCCCC(O)C(=O)NC(COC1OC(CO)C(O)C(O)C1OC(=O)CCCCCCCCCCCCC/C=C/CCCCCCCC)C(O)/C=C/CCCCCCCCCCCC. The molecule has 8 unspecified atom stereocenters. The predicted molar refractivity (Wildman–Crippen MR) is 343 cm³/mol. The van der Waals surface area contributed by atoms with Crippen LogP contribution in [0.3, 0.4) is 0 Å². The summed E-state index contributed by atoms with van der Waals surface area (Å²) in [5.74, 6) is -1.20. The van der Waals surface area contributed by atoms with Gasteiger partial charge in [-0.1, -0.05) is 281 Å². The van der Waals surface area contributed by atoms with Crippen molar-refractivity contribution in [2.24, 2.45) is 0 Å². The topological polar surface area (TPSA) is 175 Å². The van der Waals surface area contributed by atoms with Gasteiger partial charge >= 0.3 is 5.97 Å². The molecule has 478 valence electrons. The summed E-state index contributed by atoms with van der Waals surface area (Å²) < 4.78 is 17.7. The molecule has 0 spiro atoms. The second-order valence-corrected chi connectivity index (χ2v) is 23.9. The average molecular weight is 1160 g/mol. The Morgan fingerprint density at radius 2 is 0.841 bits per heavy atom. The molecule has 11 heteroatoms. The molecule has 6 N–H and O–H groups in total. The Balaban J connectivity index is 2.61. The predicted octanol–water partition coefficient (Wildman–Crippen LogP) is 17.3. The molecule has 1 rings (SSSR count). The van der Waals surface area contributed by atoms with E-state index in [1.165, 1.54) is 186 Å². The lowest BCUT2D eigenvalue weighted by Crippen LogP contribution is -2.61. The molecule has 1 heterocycles. The number of nitrogens with one attached hydrogen (secondary N) is 1. The van der Waals surface area contributed by atoms with Gasteiger partial charge in [0.15, 0.2) is 12.4 Å². The zero-order chi connectivity index (χ0) is 59.6. The molecular weight excluding hydrogens is 1030 g/mol. The van der Waals surface area contributed by atoms with Crippen LogP contribution in [0.4, 0.5) is 0 Å². The number of allylic oxidation sites excluding steroid dienone is 9. The highest BCUT2D eigenvalue weighted by Crippen LogP contribution is 2.26. The van der Waals surface area contributed by atoms with Gasteiger partial charge in [0.1, 0.15) is 24.4 Å². The van der Waals surface area contributed by atoms with E-state index in [0.717, 1.165) is 83.5 Å². The van der Waals surface area contributed by atoms with Crippen molar-refractivity contribution in [2.75, 3.05) is 13.2 Å². The van der Waals surface area contributed by atoms with Crippen LogP contribution in [0.5, 0.6) is 0 Å². The Kier molecular flexibility index (Phi) is 55.4. The zero-order valence-corrected chi connectivity index (χ0v) is 53.1. The van der Waals surface area contributed by atoms with Gasteiger partial charge in [-0.15, -0.1) is 0 Å². The van der Waals surface area contributed by atoms with Crippen LogP contribution in [-0.2, 0) is 23.8 Å². The average Bonchev–Trinajstić information content (AvgIpc) is 3.66. The normalized spacial score (nSPS) is 19.0. The van der Waals surface area contributed by atoms with E-state index in [0.29, 0.717) is 12.8 Å². The molecular formula is C71H129NO10. The molecule has 0 aromatic rings. The number of unbranched alkanes of at least 4 members (excludes halogenated alkanes) is 37. The van der Waals surface area contributed by atoms with Crippen molar-refractivity contribution in [1.82, 2.24) is 5.32 Å². The van der Waals surface area contributed by atoms with Gasteiger partial charge in [0.25, 0.3) is 0 Å². The van der Waals surface area contributed by atoms with Crippen LogP contribution in [0.1, 0.15) is 316 Å². The third-order valence-electron chi connectivity index (χ3n) is 16.1. The first-order valence-corrected chi connectivity index (χ1v) is 34.6. The Bertz CT molecular complexity index is 1560. The molecule has 0 saturated carbocycles. The number of carbonyl (C=O) groups excluding carboxylic acids is 2. The van der Waals surface area contributed by atoms with Crippen LogP contribution >= 0.6 is 0 Å². The number of hydrogen-bond acceptors (Lipinski definition) is 10. The quantitative estimate of drug-likeness (QED) is 0.0195. The van der Waals surface area contributed by atoms with Crippen molar-refractivity contribution in [2.45, 2.75) is 365 Å². The number of rotatable bonds is 59. The van der Waals surface area contributed by atoms with Crippen LogP contribution in [-0.4, -0.2) is 99.6 Å². The molecule has 1 amide bonds. The van der Waals surface area contributed by atoms with E-state index in [1.54, 1.807) is 6.08 Å². The van der Waals surface area contributed by atoms with E-state index in [1.807, 2.05) is 6.08 Å². The molecule has 8 atom stereocenters.